The number of benzene rings is 1. The lowest BCUT2D eigenvalue weighted by molar-refractivity contribution is 0.581. The first-order valence-electron chi connectivity index (χ1n) is 8.61. The van der Waals surface area contributed by atoms with Crippen LogP contribution in [-0.4, -0.2) is 24.5 Å². The van der Waals surface area contributed by atoms with E-state index in [4.69, 9.17) is 11.6 Å². The highest BCUT2D eigenvalue weighted by Crippen LogP contribution is 2.21. The average molecular weight is 392 g/mol. The Kier molecular flexibility index (Phi) is 5.65. The number of aryl methyl sites for hydroxylation is 2. The van der Waals surface area contributed by atoms with Gasteiger partial charge < -0.3 is 4.57 Å². The SMILES string of the molecule is CCCn1cc(CCNS(=O)(=O)c2ccc(C)c(Cl)c2)c2cccnc21. The zero-order valence-electron chi connectivity index (χ0n) is 14.9. The highest BCUT2D eigenvalue weighted by atomic mass is 35.5. The first kappa shape index (κ1) is 18.9. The minimum absolute atomic E-state index is 0.183. The Morgan fingerprint density at radius 3 is 2.81 bits per heavy atom. The molecule has 0 saturated carbocycles. The summed E-state index contributed by atoms with van der Waals surface area (Å²) in [6.07, 6.45) is 5.46. The monoisotopic (exact) mass is 391 g/mol. The zero-order valence-corrected chi connectivity index (χ0v) is 16.4. The topological polar surface area (TPSA) is 64.0 Å². The van der Waals surface area contributed by atoms with Gasteiger partial charge in [0.2, 0.25) is 10.0 Å². The molecule has 3 rings (SSSR count). The summed E-state index contributed by atoms with van der Waals surface area (Å²) >= 11 is 6.05. The number of pyridine rings is 1. The van der Waals surface area contributed by atoms with Gasteiger partial charge >= 0.3 is 0 Å². The molecule has 0 atom stereocenters. The highest BCUT2D eigenvalue weighted by Gasteiger charge is 2.15. The van der Waals surface area contributed by atoms with Crippen molar-refractivity contribution in [1.82, 2.24) is 14.3 Å². The smallest absolute Gasteiger partial charge is 0.240 e. The van der Waals surface area contributed by atoms with Gasteiger partial charge in [-0.2, -0.15) is 0 Å². The molecule has 7 heteroatoms. The van der Waals surface area contributed by atoms with Gasteiger partial charge in [-0.1, -0.05) is 24.6 Å². The second-order valence-electron chi connectivity index (χ2n) is 6.28. The molecule has 0 aliphatic carbocycles. The Hall–Kier alpha value is -1.89. The molecular weight excluding hydrogens is 370 g/mol. The van der Waals surface area contributed by atoms with Gasteiger partial charge in [0.05, 0.1) is 4.90 Å². The van der Waals surface area contributed by atoms with Crippen LogP contribution in [0.5, 0.6) is 0 Å². The van der Waals surface area contributed by atoms with Crippen LogP contribution >= 0.6 is 11.6 Å². The number of nitrogens with zero attached hydrogens (tertiary/aromatic N) is 2. The number of aromatic nitrogens is 2. The molecule has 0 bridgehead atoms. The van der Waals surface area contributed by atoms with Gasteiger partial charge in [-0.3, -0.25) is 0 Å². The number of nitrogens with one attached hydrogen (secondary N) is 1. The molecule has 2 heterocycles. The Bertz CT molecular complexity index is 1030. The largest absolute Gasteiger partial charge is 0.332 e. The molecule has 0 amide bonds. The summed E-state index contributed by atoms with van der Waals surface area (Å²) in [5.41, 5.74) is 2.88. The number of halogens is 1. The first-order valence-corrected chi connectivity index (χ1v) is 10.5. The minimum Gasteiger partial charge on any atom is -0.332 e. The second-order valence-corrected chi connectivity index (χ2v) is 8.46. The Morgan fingerprint density at radius 2 is 2.08 bits per heavy atom. The van der Waals surface area contributed by atoms with Crippen molar-refractivity contribution in [2.75, 3.05) is 6.54 Å². The summed E-state index contributed by atoms with van der Waals surface area (Å²) in [6.45, 7) is 5.16. The fraction of sp³-hybridized carbons (Fsp3) is 0.316. The summed E-state index contributed by atoms with van der Waals surface area (Å²) in [4.78, 5) is 4.64. The van der Waals surface area contributed by atoms with Crippen LogP contribution in [-0.2, 0) is 23.0 Å². The predicted octanol–water partition coefficient (Wildman–Crippen LogP) is 3.93. The van der Waals surface area contributed by atoms with Crippen LogP contribution in [0.15, 0.2) is 47.6 Å². The number of rotatable bonds is 7. The molecule has 0 aliphatic heterocycles. The van der Waals surface area contributed by atoms with E-state index in [2.05, 4.69) is 27.4 Å². The normalized spacial score (nSPS) is 12.0. The van der Waals surface area contributed by atoms with Crippen molar-refractivity contribution in [2.24, 2.45) is 0 Å². The lowest BCUT2D eigenvalue weighted by Crippen LogP contribution is -2.26. The fourth-order valence-electron chi connectivity index (χ4n) is 2.95. The van der Waals surface area contributed by atoms with E-state index in [1.165, 1.54) is 6.07 Å². The van der Waals surface area contributed by atoms with Crippen LogP contribution in [0.2, 0.25) is 5.02 Å². The van der Waals surface area contributed by atoms with Gasteiger partial charge in [0.1, 0.15) is 5.65 Å². The Labute approximate surface area is 159 Å². The molecule has 0 unspecified atom stereocenters. The van der Waals surface area contributed by atoms with Crippen LogP contribution in [0.3, 0.4) is 0 Å². The van der Waals surface area contributed by atoms with E-state index in [9.17, 15) is 8.42 Å². The van der Waals surface area contributed by atoms with Crippen molar-refractivity contribution in [3.8, 4) is 0 Å². The molecule has 2 aromatic heterocycles. The molecule has 0 fully saturated rings. The van der Waals surface area contributed by atoms with Crippen LogP contribution in [0.4, 0.5) is 0 Å². The standard InChI is InChI=1S/C19H22ClN3O2S/c1-3-11-23-13-15(17-5-4-9-21-19(17)23)8-10-22-26(24,25)16-7-6-14(2)18(20)12-16/h4-7,9,12-13,22H,3,8,10-11H2,1-2H3. The van der Waals surface area contributed by atoms with Crippen molar-refractivity contribution in [2.45, 2.75) is 38.1 Å². The molecule has 5 nitrogen and oxygen atoms in total. The first-order chi connectivity index (χ1) is 12.4. The molecule has 0 radical (unpaired) electrons. The summed E-state index contributed by atoms with van der Waals surface area (Å²) < 4.78 is 29.7. The van der Waals surface area contributed by atoms with Crippen LogP contribution in [0, 0.1) is 6.92 Å². The third kappa shape index (κ3) is 3.92. The van der Waals surface area contributed by atoms with Crippen LogP contribution < -0.4 is 4.72 Å². The third-order valence-corrected chi connectivity index (χ3v) is 6.19. The molecule has 1 aromatic carbocycles. The van der Waals surface area contributed by atoms with Crippen molar-refractivity contribution in [1.29, 1.82) is 0 Å². The van der Waals surface area contributed by atoms with E-state index in [-0.39, 0.29) is 4.90 Å². The molecule has 0 aliphatic rings. The quantitative estimate of drug-likeness (QED) is 0.663. The van der Waals surface area contributed by atoms with Gasteiger partial charge in [-0.05, 0) is 55.2 Å². The number of sulfonamides is 1. The van der Waals surface area contributed by atoms with Crippen molar-refractivity contribution < 1.29 is 8.42 Å². The van der Waals surface area contributed by atoms with Gasteiger partial charge in [-0.25, -0.2) is 18.1 Å². The van der Waals surface area contributed by atoms with Crippen LogP contribution in [0.25, 0.3) is 11.0 Å². The summed E-state index contributed by atoms with van der Waals surface area (Å²) in [6, 6.07) is 8.69. The van der Waals surface area contributed by atoms with Crippen molar-refractivity contribution >= 4 is 32.7 Å². The van der Waals surface area contributed by atoms with Gasteiger partial charge in [0.25, 0.3) is 0 Å². The number of fused-ring (bicyclic) bond motifs is 1. The average Bonchev–Trinajstić information content (AvgIpc) is 2.96. The van der Waals surface area contributed by atoms with Gasteiger partial charge in [0.15, 0.2) is 0 Å². The molecule has 0 spiro atoms. The molecule has 0 saturated heterocycles. The van der Waals surface area contributed by atoms with Gasteiger partial charge in [0, 0.05) is 35.9 Å². The van der Waals surface area contributed by atoms with Crippen molar-refractivity contribution in [3.05, 3.63) is 58.9 Å². The number of hydrogen-bond donors (Lipinski definition) is 1. The Morgan fingerprint density at radius 1 is 1.27 bits per heavy atom. The summed E-state index contributed by atoms with van der Waals surface area (Å²) in [5.74, 6) is 0. The van der Waals surface area contributed by atoms with E-state index in [0.29, 0.717) is 18.0 Å². The fourth-order valence-corrected chi connectivity index (χ4v) is 4.25. The lowest BCUT2D eigenvalue weighted by Gasteiger charge is -2.08. The zero-order chi connectivity index (χ0) is 18.7. The summed E-state index contributed by atoms with van der Waals surface area (Å²) in [7, 11) is -3.58. The maximum absolute atomic E-state index is 12.5. The van der Waals surface area contributed by atoms with E-state index in [0.717, 1.165) is 35.1 Å². The van der Waals surface area contributed by atoms with E-state index in [1.54, 1.807) is 18.3 Å². The Balaban J connectivity index is 1.75. The third-order valence-electron chi connectivity index (χ3n) is 4.32. The van der Waals surface area contributed by atoms with Crippen molar-refractivity contribution in [3.63, 3.8) is 0 Å². The lowest BCUT2D eigenvalue weighted by atomic mass is 10.2. The predicted molar refractivity (Wildman–Crippen MR) is 105 cm³/mol. The van der Waals surface area contributed by atoms with Gasteiger partial charge in [-0.15, -0.1) is 0 Å². The molecule has 138 valence electrons. The maximum Gasteiger partial charge on any atom is 0.240 e. The molecule has 3 aromatic rings. The molecule has 1 N–H and O–H groups in total. The van der Waals surface area contributed by atoms with E-state index in [1.807, 2.05) is 19.1 Å². The van der Waals surface area contributed by atoms with E-state index >= 15 is 0 Å². The van der Waals surface area contributed by atoms with E-state index < -0.39 is 10.0 Å². The minimum atomic E-state index is -3.58. The highest BCUT2D eigenvalue weighted by molar-refractivity contribution is 7.89. The maximum atomic E-state index is 12.5. The van der Waals surface area contributed by atoms with Crippen LogP contribution in [0.1, 0.15) is 24.5 Å². The second kappa shape index (κ2) is 7.78. The molecule has 26 heavy (non-hydrogen) atoms. The summed E-state index contributed by atoms with van der Waals surface area (Å²) in [5, 5.41) is 1.51. The molecular formula is C19H22ClN3O2S. The number of hydrogen-bond acceptors (Lipinski definition) is 3.